The molecule has 1 aromatic carbocycles. The highest BCUT2D eigenvalue weighted by molar-refractivity contribution is 7.07. The Labute approximate surface area is 90.4 Å². The summed E-state index contributed by atoms with van der Waals surface area (Å²) in [5, 5.41) is 6.91. The fourth-order valence-corrected chi connectivity index (χ4v) is 1.92. The van der Waals surface area contributed by atoms with E-state index in [4.69, 9.17) is 0 Å². The Hall–Kier alpha value is -1.42. The van der Waals surface area contributed by atoms with Crippen molar-refractivity contribution < 1.29 is 8.78 Å². The van der Waals surface area contributed by atoms with Crippen LogP contribution in [-0.2, 0) is 6.54 Å². The van der Waals surface area contributed by atoms with Crippen molar-refractivity contribution in [1.29, 1.82) is 0 Å². The number of halogens is 2. The van der Waals surface area contributed by atoms with Crippen LogP contribution in [-0.4, -0.2) is 0 Å². The molecule has 2 aromatic rings. The maximum atomic E-state index is 12.8. The van der Waals surface area contributed by atoms with Gasteiger partial charge in [-0.2, -0.15) is 11.3 Å². The molecule has 1 aromatic heterocycles. The van der Waals surface area contributed by atoms with E-state index in [0.717, 1.165) is 11.6 Å². The minimum Gasteiger partial charge on any atom is -0.381 e. The van der Waals surface area contributed by atoms with E-state index in [-0.39, 0.29) is 0 Å². The van der Waals surface area contributed by atoms with Crippen molar-refractivity contribution in [2.75, 3.05) is 5.32 Å². The first-order valence-corrected chi connectivity index (χ1v) is 5.39. The van der Waals surface area contributed by atoms with Crippen LogP contribution in [0.5, 0.6) is 0 Å². The largest absolute Gasteiger partial charge is 0.381 e. The molecule has 2 rings (SSSR count). The van der Waals surface area contributed by atoms with E-state index >= 15 is 0 Å². The number of anilines is 1. The number of benzene rings is 1. The second kappa shape index (κ2) is 4.40. The van der Waals surface area contributed by atoms with E-state index in [9.17, 15) is 8.78 Å². The lowest BCUT2D eigenvalue weighted by Crippen LogP contribution is -1.98. The second-order valence-corrected chi connectivity index (χ2v) is 3.92. The van der Waals surface area contributed by atoms with Gasteiger partial charge in [0.15, 0.2) is 0 Å². The number of rotatable bonds is 3. The number of hydrogen-bond donors (Lipinski definition) is 1. The quantitative estimate of drug-likeness (QED) is 0.841. The van der Waals surface area contributed by atoms with Crippen LogP contribution in [0.4, 0.5) is 14.5 Å². The number of hydrogen-bond acceptors (Lipinski definition) is 2. The summed E-state index contributed by atoms with van der Waals surface area (Å²) in [6.45, 7) is 0.576. The Bertz CT molecular complexity index is 420. The molecular formula is C11H9F2NS. The van der Waals surface area contributed by atoms with Crippen LogP contribution in [0, 0.1) is 11.6 Å². The number of nitrogens with one attached hydrogen (secondary N) is 1. The molecule has 0 radical (unpaired) electrons. The highest BCUT2D eigenvalue weighted by Gasteiger charge is 2.00. The molecule has 1 heterocycles. The van der Waals surface area contributed by atoms with Crippen LogP contribution < -0.4 is 5.32 Å². The average molecular weight is 225 g/mol. The predicted molar refractivity (Wildman–Crippen MR) is 58.0 cm³/mol. The van der Waals surface area contributed by atoms with Crippen LogP contribution >= 0.6 is 11.3 Å². The lowest BCUT2D eigenvalue weighted by molar-refractivity contribution is 0.584. The van der Waals surface area contributed by atoms with Gasteiger partial charge in [0.25, 0.3) is 0 Å². The van der Waals surface area contributed by atoms with Crippen LogP contribution in [0.15, 0.2) is 35.0 Å². The summed E-state index contributed by atoms with van der Waals surface area (Å²) >= 11 is 1.59. The molecule has 0 saturated heterocycles. The SMILES string of the molecule is Fc1cc(F)cc(NCc2ccsc2)c1. The fourth-order valence-electron chi connectivity index (χ4n) is 1.25. The summed E-state index contributed by atoms with van der Waals surface area (Å²) in [5.74, 6) is -1.13. The molecule has 4 heteroatoms. The Morgan fingerprint density at radius 1 is 1.13 bits per heavy atom. The van der Waals surface area contributed by atoms with Crippen LogP contribution in [0.25, 0.3) is 0 Å². The standard InChI is InChI=1S/C11H9F2NS/c12-9-3-10(13)5-11(4-9)14-6-8-1-2-15-7-8/h1-5,7,14H,6H2. The summed E-state index contributed by atoms with van der Waals surface area (Å²) in [6.07, 6.45) is 0. The zero-order valence-electron chi connectivity index (χ0n) is 7.84. The molecule has 0 unspecified atom stereocenters. The van der Waals surface area contributed by atoms with E-state index in [2.05, 4.69) is 5.32 Å². The molecule has 0 aliphatic heterocycles. The molecule has 0 atom stereocenters. The molecule has 0 spiro atoms. The summed E-state index contributed by atoms with van der Waals surface area (Å²) in [5.41, 5.74) is 1.56. The van der Waals surface area contributed by atoms with Crippen molar-refractivity contribution in [1.82, 2.24) is 0 Å². The summed E-state index contributed by atoms with van der Waals surface area (Å²) in [6, 6.07) is 5.37. The maximum absolute atomic E-state index is 12.8. The Morgan fingerprint density at radius 2 is 1.87 bits per heavy atom. The third-order valence-electron chi connectivity index (χ3n) is 1.94. The van der Waals surface area contributed by atoms with Crippen molar-refractivity contribution in [3.05, 3.63) is 52.2 Å². The topological polar surface area (TPSA) is 12.0 Å². The van der Waals surface area contributed by atoms with Gasteiger partial charge in [0.1, 0.15) is 11.6 Å². The van der Waals surface area contributed by atoms with Gasteiger partial charge in [-0.25, -0.2) is 8.78 Å². The molecule has 0 fully saturated rings. The van der Waals surface area contributed by atoms with E-state index in [1.54, 1.807) is 11.3 Å². The molecule has 0 aliphatic rings. The van der Waals surface area contributed by atoms with Crippen LogP contribution in [0.2, 0.25) is 0 Å². The highest BCUT2D eigenvalue weighted by Crippen LogP contribution is 2.14. The highest BCUT2D eigenvalue weighted by atomic mass is 32.1. The zero-order chi connectivity index (χ0) is 10.7. The monoisotopic (exact) mass is 225 g/mol. The van der Waals surface area contributed by atoms with E-state index in [0.29, 0.717) is 12.2 Å². The maximum Gasteiger partial charge on any atom is 0.128 e. The van der Waals surface area contributed by atoms with Gasteiger partial charge in [0.05, 0.1) is 0 Å². The van der Waals surface area contributed by atoms with Gasteiger partial charge < -0.3 is 5.32 Å². The molecule has 1 nitrogen and oxygen atoms in total. The molecule has 0 saturated carbocycles. The lowest BCUT2D eigenvalue weighted by Gasteiger charge is -2.05. The minimum atomic E-state index is -0.567. The molecule has 0 aliphatic carbocycles. The fraction of sp³-hybridized carbons (Fsp3) is 0.0909. The smallest absolute Gasteiger partial charge is 0.128 e. The first kappa shape index (κ1) is 10.1. The first-order chi connectivity index (χ1) is 7.24. The van der Waals surface area contributed by atoms with Crippen molar-refractivity contribution in [3.63, 3.8) is 0 Å². The van der Waals surface area contributed by atoms with Gasteiger partial charge in [0.2, 0.25) is 0 Å². The van der Waals surface area contributed by atoms with Gasteiger partial charge in [-0.15, -0.1) is 0 Å². The molecule has 78 valence electrons. The normalized spacial score (nSPS) is 10.3. The van der Waals surface area contributed by atoms with E-state index in [1.807, 2.05) is 16.8 Å². The third kappa shape index (κ3) is 2.76. The predicted octanol–water partition coefficient (Wildman–Crippen LogP) is 3.64. The van der Waals surface area contributed by atoms with Gasteiger partial charge in [-0.3, -0.25) is 0 Å². The van der Waals surface area contributed by atoms with Gasteiger partial charge in [-0.1, -0.05) is 0 Å². The summed E-state index contributed by atoms with van der Waals surface area (Å²) in [4.78, 5) is 0. The molecular weight excluding hydrogens is 216 g/mol. The zero-order valence-corrected chi connectivity index (χ0v) is 8.65. The second-order valence-electron chi connectivity index (χ2n) is 3.14. The molecule has 1 N–H and O–H groups in total. The van der Waals surface area contributed by atoms with Crippen molar-refractivity contribution in [2.24, 2.45) is 0 Å². The van der Waals surface area contributed by atoms with Crippen LogP contribution in [0.1, 0.15) is 5.56 Å². The van der Waals surface area contributed by atoms with E-state index in [1.165, 1.54) is 12.1 Å². The first-order valence-electron chi connectivity index (χ1n) is 4.45. The molecule has 0 bridgehead atoms. The Balaban J connectivity index is 2.05. The minimum absolute atomic E-state index is 0.457. The van der Waals surface area contributed by atoms with E-state index < -0.39 is 11.6 Å². The Morgan fingerprint density at radius 3 is 2.47 bits per heavy atom. The Kier molecular flexibility index (Phi) is 2.97. The van der Waals surface area contributed by atoms with Crippen molar-refractivity contribution in [3.8, 4) is 0 Å². The van der Waals surface area contributed by atoms with Crippen molar-refractivity contribution in [2.45, 2.75) is 6.54 Å². The number of thiophene rings is 1. The molecule has 0 amide bonds. The summed E-state index contributed by atoms with van der Waals surface area (Å²) < 4.78 is 25.6. The third-order valence-corrected chi connectivity index (χ3v) is 2.67. The lowest BCUT2D eigenvalue weighted by atomic mass is 10.2. The van der Waals surface area contributed by atoms with Gasteiger partial charge in [0, 0.05) is 18.3 Å². The average Bonchev–Trinajstić information content (AvgIpc) is 2.65. The summed E-state index contributed by atoms with van der Waals surface area (Å²) in [7, 11) is 0. The van der Waals surface area contributed by atoms with Crippen LogP contribution in [0.3, 0.4) is 0 Å². The van der Waals surface area contributed by atoms with Crippen molar-refractivity contribution >= 4 is 17.0 Å². The van der Waals surface area contributed by atoms with Gasteiger partial charge in [-0.05, 0) is 34.5 Å². The van der Waals surface area contributed by atoms with Gasteiger partial charge >= 0.3 is 0 Å². The molecule has 15 heavy (non-hydrogen) atoms.